The van der Waals surface area contributed by atoms with Crippen LogP contribution < -0.4 is 4.90 Å². The van der Waals surface area contributed by atoms with Crippen molar-refractivity contribution in [2.45, 2.75) is 44.8 Å². The van der Waals surface area contributed by atoms with Crippen molar-refractivity contribution in [2.24, 2.45) is 0 Å². The molecule has 0 saturated carbocycles. The molecule has 0 bridgehead atoms. The Kier molecular flexibility index (Phi) is 7.56. The third-order valence-corrected chi connectivity index (χ3v) is 7.50. The quantitative estimate of drug-likeness (QED) is 0.193. The molecule has 9 heteroatoms. The lowest BCUT2D eigenvalue weighted by molar-refractivity contribution is 0.110. The Morgan fingerprint density at radius 1 is 0.784 bits per heavy atom. The fourth-order valence-electron chi connectivity index (χ4n) is 5.27. The molecule has 1 aliphatic heterocycles. The summed E-state index contributed by atoms with van der Waals surface area (Å²) in [6, 6.07) is 16.7. The zero-order valence-corrected chi connectivity index (χ0v) is 22.1. The fourth-order valence-corrected chi connectivity index (χ4v) is 5.59. The molecule has 2 atom stereocenters. The molecule has 0 aliphatic carbocycles. The minimum absolute atomic E-state index is 0.0844. The van der Waals surface area contributed by atoms with Gasteiger partial charge >= 0.3 is 0 Å². The Hall–Kier alpha value is -2.87. The molecular weight excluding hydrogens is 515 g/mol. The largest absolute Gasteiger partial charge is 0.349 e. The van der Waals surface area contributed by atoms with Crippen molar-refractivity contribution >= 4 is 40.1 Å². The van der Waals surface area contributed by atoms with Crippen LogP contribution in [0.3, 0.4) is 0 Å². The second-order valence-corrected chi connectivity index (χ2v) is 10.0. The molecule has 2 aromatic carbocycles. The van der Waals surface area contributed by atoms with Gasteiger partial charge in [0, 0.05) is 25.2 Å². The third-order valence-electron chi connectivity index (χ3n) is 7.12. The average Bonchev–Trinajstić information content (AvgIpc) is 2.90. The van der Waals surface area contributed by atoms with Crippen LogP contribution in [0.1, 0.15) is 43.9 Å². The second kappa shape index (κ2) is 10.9. The standard InChI is InChI=1S/C28H27Cl2F2N5/c1-3-21-16-37(27-25-23(33-28(30)35-27)13-14-24(29)34-25)22(4-2)15-36(21)26(17-5-9-19(31)10-6-17)18-7-11-20(32)12-8-18/h5-14,21-22,26H,3-4,15-16H2,1-2H3/t21-,22+/m1/s1. The molecule has 0 unspecified atom stereocenters. The number of pyridine rings is 1. The summed E-state index contributed by atoms with van der Waals surface area (Å²) in [6.07, 6.45) is 1.70. The van der Waals surface area contributed by atoms with E-state index in [1.165, 1.54) is 24.3 Å². The number of nitrogens with zero attached hydrogens (tertiary/aromatic N) is 5. The smallest absolute Gasteiger partial charge is 0.225 e. The summed E-state index contributed by atoms with van der Waals surface area (Å²) < 4.78 is 27.7. The van der Waals surface area contributed by atoms with Gasteiger partial charge in [-0.15, -0.1) is 0 Å². The number of rotatable bonds is 6. The fraction of sp³-hybridized carbons (Fsp3) is 0.321. The van der Waals surface area contributed by atoms with Gasteiger partial charge < -0.3 is 4.90 Å². The van der Waals surface area contributed by atoms with Crippen LogP contribution in [0.25, 0.3) is 11.0 Å². The Morgan fingerprint density at radius 2 is 1.38 bits per heavy atom. The first kappa shape index (κ1) is 25.8. The van der Waals surface area contributed by atoms with Crippen LogP contribution in [-0.2, 0) is 0 Å². The van der Waals surface area contributed by atoms with Gasteiger partial charge in [-0.3, -0.25) is 4.90 Å². The van der Waals surface area contributed by atoms with E-state index in [1.54, 1.807) is 12.1 Å². The van der Waals surface area contributed by atoms with Gasteiger partial charge in [0.05, 0.1) is 11.6 Å². The molecule has 0 amide bonds. The molecule has 3 heterocycles. The van der Waals surface area contributed by atoms with Gasteiger partial charge in [-0.1, -0.05) is 49.7 Å². The van der Waals surface area contributed by atoms with E-state index < -0.39 is 0 Å². The summed E-state index contributed by atoms with van der Waals surface area (Å²) in [5, 5.41) is 0.526. The highest BCUT2D eigenvalue weighted by Crippen LogP contribution is 2.37. The van der Waals surface area contributed by atoms with E-state index in [-0.39, 0.29) is 35.0 Å². The zero-order valence-electron chi connectivity index (χ0n) is 20.6. The van der Waals surface area contributed by atoms with Crippen molar-refractivity contribution in [1.29, 1.82) is 0 Å². The lowest BCUT2D eigenvalue weighted by atomic mass is 9.91. The summed E-state index contributed by atoms with van der Waals surface area (Å²) in [4.78, 5) is 18.2. The number of hydrogen-bond donors (Lipinski definition) is 0. The molecule has 0 N–H and O–H groups in total. The molecular formula is C28H27Cl2F2N5. The monoisotopic (exact) mass is 541 g/mol. The summed E-state index contributed by atoms with van der Waals surface area (Å²) in [5.74, 6) is 0.0923. The molecule has 5 rings (SSSR count). The van der Waals surface area contributed by atoms with Crippen molar-refractivity contribution in [1.82, 2.24) is 19.9 Å². The molecule has 2 aromatic heterocycles. The number of hydrogen-bond acceptors (Lipinski definition) is 5. The Bertz CT molecular complexity index is 1340. The minimum Gasteiger partial charge on any atom is -0.349 e. The minimum atomic E-state index is -0.288. The highest BCUT2D eigenvalue weighted by molar-refractivity contribution is 6.30. The molecule has 1 fully saturated rings. The average molecular weight is 542 g/mol. The van der Waals surface area contributed by atoms with Crippen LogP contribution in [0.5, 0.6) is 0 Å². The first-order valence-electron chi connectivity index (χ1n) is 12.4. The molecule has 1 aliphatic rings. The molecule has 5 nitrogen and oxygen atoms in total. The SMILES string of the molecule is CC[C@H]1CN(C(c2ccc(F)cc2)c2ccc(F)cc2)[C@H](CC)CN1c1nc(Cl)nc2ccc(Cl)nc12. The highest BCUT2D eigenvalue weighted by Gasteiger charge is 2.38. The van der Waals surface area contributed by atoms with Crippen LogP contribution in [0.4, 0.5) is 14.6 Å². The van der Waals surface area contributed by atoms with Crippen molar-refractivity contribution < 1.29 is 8.78 Å². The van der Waals surface area contributed by atoms with E-state index in [9.17, 15) is 8.78 Å². The van der Waals surface area contributed by atoms with Crippen LogP contribution in [0, 0.1) is 11.6 Å². The molecule has 192 valence electrons. The molecule has 0 spiro atoms. The Morgan fingerprint density at radius 3 is 1.95 bits per heavy atom. The van der Waals surface area contributed by atoms with Gasteiger partial charge in [-0.25, -0.2) is 18.7 Å². The van der Waals surface area contributed by atoms with Crippen LogP contribution >= 0.6 is 23.2 Å². The van der Waals surface area contributed by atoms with Crippen LogP contribution in [0.15, 0.2) is 60.7 Å². The number of piperazine rings is 1. The van der Waals surface area contributed by atoms with Crippen molar-refractivity contribution in [2.75, 3.05) is 18.0 Å². The predicted molar refractivity (Wildman–Crippen MR) is 144 cm³/mol. The van der Waals surface area contributed by atoms with Gasteiger partial charge in [0.2, 0.25) is 5.28 Å². The van der Waals surface area contributed by atoms with E-state index in [1.807, 2.05) is 24.3 Å². The lowest BCUT2D eigenvalue weighted by Crippen LogP contribution is -2.59. The van der Waals surface area contributed by atoms with Gasteiger partial charge in [0.25, 0.3) is 0 Å². The maximum absolute atomic E-state index is 13.8. The maximum Gasteiger partial charge on any atom is 0.225 e. The van der Waals surface area contributed by atoms with Crippen molar-refractivity contribution in [3.05, 3.63) is 93.9 Å². The first-order valence-corrected chi connectivity index (χ1v) is 13.2. The Labute approximate surface area is 225 Å². The molecule has 4 aromatic rings. The predicted octanol–water partition coefficient (Wildman–Crippen LogP) is 7.08. The van der Waals surface area contributed by atoms with Crippen LogP contribution in [-0.4, -0.2) is 45.0 Å². The summed E-state index contributed by atoms with van der Waals surface area (Å²) in [6.45, 7) is 5.66. The van der Waals surface area contributed by atoms with Gasteiger partial charge in [-0.05, 0) is 72.0 Å². The molecule has 1 saturated heterocycles. The number of aromatic nitrogens is 3. The highest BCUT2D eigenvalue weighted by atomic mass is 35.5. The summed E-state index contributed by atoms with van der Waals surface area (Å²) in [5.41, 5.74) is 3.17. The van der Waals surface area contributed by atoms with E-state index >= 15 is 0 Å². The second-order valence-electron chi connectivity index (χ2n) is 9.30. The van der Waals surface area contributed by atoms with Gasteiger partial charge in [0.1, 0.15) is 22.3 Å². The van der Waals surface area contributed by atoms with Crippen molar-refractivity contribution in [3.63, 3.8) is 0 Å². The van der Waals surface area contributed by atoms with Gasteiger partial charge in [0.15, 0.2) is 5.82 Å². The maximum atomic E-state index is 13.8. The third kappa shape index (κ3) is 5.26. The van der Waals surface area contributed by atoms with E-state index in [4.69, 9.17) is 23.2 Å². The summed E-state index contributed by atoms with van der Waals surface area (Å²) in [7, 11) is 0. The van der Waals surface area contributed by atoms with E-state index in [0.29, 0.717) is 35.1 Å². The number of anilines is 1. The normalized spacial score (nSPS) is 18.6. The van der Waals surface area contributed by atoms with Crippen molar-refractivity contribution in [3.8, 4) is 0 Å². The number of benzene rings is 2. The first-order chi connectivity index (χ1) is 17.9. The lowest BCUT2D eigenvalue weighted by Gasteiger charge is -2.50. The van der Waals surface area contributed by atoms with E-state index in [0.717, 1.165) is 24.0 Å². The summed E-state index contributed by atoms with van der Waals surface area (Å²) >= 11 is 12.6. The molecule has 0 radical (unpaired) electrons. The molecule has 37 heavy (non-hydrogen) atoms. The topological polar surface area (TPSA) is 45.2 Å². The Balaban J connectivity index is 1.58. The number of fused-ring (bicyclic) bond motifs is 1. The zero-order chi connectivity index (χ0) is 26.1. The van der Waals surface area contributed by atoms with E-state index in [2.05, 4.69) is 38.6 Å². The number of halogens is 4. The van der Waals surface area contributed by atoms with Crippen LogP contribution in [0.2, 0.25) is 10.4 Å². The van der Waals surface area contributed by atoms with Gasteiger partial charge in [-0.2, -0.15) is 4.98 Å².